The van der Waals surface area contributed by atoms with Crippen LogP contribution in [0.15, 0.2) is 77.7 Å². The fourth-order valence-corrected chi connectivity index (χ4v) is 7.76. The zero-order valence-corrected chi connectivity index (χ0v) is 26.1. The molecule has 1 N–H and O–H groups in total. The Balaban J connectivity index is 1.31. The lowest BCUT2D eigenvalue weighted by Gasteiger charge is -2.16. The molecular formula is C35H40F3NOS2. The van der Waals surface area contributed by atoms with Crippen LogP contribution in [-0.4, -0.2) is 10.1 Å². The highest BCUT2D eigenvalue weighted by molar-refractivity contribution is 7.99. The topological polar surface area (TPSA) is 33.1 Å². The van der Waals surface area contributed by atoms with Crippen LogP contribution in [0.3, 0.4) is 0 Å². The van der Waals surface area contributed by atoms with Crippen LogP contribution in [0.2, 0.25) is 0 Å². The molecule has 0 aliphatic heterocycles. The Morgan fingerprint density at radius 3 is 2.10 bits per heavy atom. The van der Waals surface area contributed by atoms with E-state index in [2.05, 4.69) is 30.3 Å². The third-order valence-electron chi connectivity index (χ3n) is 7.56. The smallest absolute Gasteiger partial charge is 0.416 e. The number of nitrogens with zero attached hydrogens (tertiary/aromatic N) is 1. The number of aromatic hydroxyl groups is 1. The van der Waals surface area contributed by atoms with Crippen molar-refractivity contribution >= 4 is 23.1 Å². The molecule has 1 aromatic heterocycles. The van der Waals surface area contributed by atoms with Gasteiger partial charge in [0.05, 0.1) is 11.3 Å². The van der Waals surface area contributed by atoms with E-state index >= 15 is 0 Å². The average Bonchev–Trinajstić information content (AvgIpc) is 3.36. The number of aryl methyl sites for hydroxylation is 3. The summed E-state index contributed by atoms with van der Waals surface area (Å²) in [6.07, 6.45) is 7.69. The maximum Gasteiger partial charge on any atom is 0.416 e. The lowest BCUT2D eigenvalue weighted by molar-refractivity contribution is -0.137. The standard InChI is InChI=1S/C35H40F3NOS2/c1-25-24-30(22-23-31(25)40)41-32(17-13-8-6-4-3-5-7-10-14-27-15-11-9-12-16-27)33-26(2)39-34(42-33)28-18-20-29(21-19-28)35(36,37)38/h9,11-12,15-16,18-24,32,40H,3-8,10,13-14,17H2,1-2H3. The minimum absolute atomic E-state index is 0.188. The molecule has 0 bridgehead atoms. The van der Waals surface area contributed by atoms with Crippen molar-refractivity contribution in [3.63, 3.8) is 0 Å². The minimum atomic E-state index is -4.35. The van der Waals surface area contributed by atoms with Gasteiger partial charge >= 0.3 is 6.18 Å². The molecule has 4 aromatic rings. The first-order valence-corrected chi connectivity index (χ1v) is 16.6. The van der Waals surface area contributed by atoms with Crippen LogP contribution in [0, 0.1) is 13.8 Å². The van der Waals surface area contributed by atoms with E-state index in [-0.39, 0.29) is 11.0 Å². The second-order valence-corrected chi connectivity index (χ2v) is 13.3. The molecule has 224 valence electrons. The molecule has 0 spiro atoms. The third-order valence-corrected chi connectivity index (χ3v) is 10.3. The third kappa shape index (κ3) is 9.63. The normalized spacial score (nSPS) is 12.5. The molecule has 1 unspecified atom stereocenters. The van der Waals surface area contributed by atoms with Crippen LogP contribution in [0.25, 0.3) is 10.6 Å². The van der Waals surface area contributed by atoms with Crippen molar-refractivity contribution < 1.29 is 18.3 Å². The number of aromatic nitrogens is 1. The van der Waals surface area contributed by atoms with Crippen molar-refractivity contribution in [1.82, 2.24) is 4.98 Å². The summed E-state index contributed by atoms with van der Waals surface area (Å²) in [5.41, 5.74) is 3.25. The van der Waals surface area contributed by atoms with Gasteiger partial charge in [0.2, 0.25) is 0 Å². The molecule has 1 heterocycles. The SMILES string of the molecule is Cc1cc(SC(CCCCCCCCCCc2ccccc2)c2sc(-c3ccc(C(F)(F)F)cc3)nc2C)ccc1O. The summed E-state index contributed by atoms with van der Waals surface area (Å²) >= 11 is 3.36. The molecule has 0 saturated heterocycles. The van der Waals surface area contributed by atoms with Crippen LogP contribution in [0.1, 0.15) is 90.3 Å². The highest BCUT2D eigenvalue weighted by atomic mass is 32.2. The Morgan fingerprint density at radius 2 is 1.45 bits per heavy atom. The maximum atomic E-state index is 13.0. The Labute approximate surface area is 256 Å². The van der Waals surface area contributed by atoms with E-state index in [9.17, 15) is 18.3 Å². The molecule has 0 aliphatic rings. The lowest BCUT2D eigenvalue weighted by Crippen LogP contribution is -2.03. The second-order valence-electron chi connectivity index (χ2n) is 11.0. The first-order chi connectivity index (χ1) is 20.2. The summed E-state index contributed by atoms with van der Waals surface area (Å²) in [6, 6.07) is 21.7. The first-order valence-electron chi connectivity index (χ1n) is 14.9. The highest BCUT2D eigenvalue weighted by Crippen LogP contribution is 2.45. The number of thiazole rings is 1. The molecule has 2 nitrogen and oxygen atoms in total. The molecule has 0 aliphatic carbocycles. The summed E-state index contributed by atoms with van der Waals surface area (Å²) < 4.78 is 39.1. The van der Waals surface area contributed by atoms with Crippen molar-refractivity contribution in [1.29, 1.82) is 0 Å². The highest BCUT2D eigenvalue weighted by Gasteiger charge is 2.30. The number of alkyl halides is 3. The molecule has 0 radical (unpaired) electrons. The Bertz CT molecular complexity index is 1380. The van der Waals surface area contributed by atoms with Crippen molar-refractivity contribution in [3.8, 4) is 16.3 Å². The Morgan fingerprint density at radius 1 is 0.810 bits per heavy atom. The van der Waals surface area contributed by atoms with E-state index in [1.807, 2.05) is 26.0 Å². The van der Waals surface area contributed by atoms with Crippen LogP contribution < -0.4 is 0 Å². The fraction of sp³-hybridized carbons (Fsp3) is 0.400. The van der Waals surface area contributed by atoms with Crippen LogP contribution in [0.4, 0.5) is 13.2 Å². The van der Waals surface area contributed by atoms with Gasteiger partial charge in [0.15, 0.2) is 0 Å². The number of rotatable bonds is 15. The molecule has 0 saturated carbocycles. The van der Waals surface area contributed by atoms with Crippen molar-refractivity contribution in [3.05, 3.63) is 100 Å². The molecule has 0 amide bonds. The van der Waals surface area contributed by atoms with Gasteiger partial charge in [-0.2, -0.15) is 13.2 Å². The predicted molar refractivity (Wildman–Crippen MR) is 170 cm³/mol. The monoisotopic (exact) mass is 611 g/mol. The van der Waals surface area contributed by atoms with Crippen molar-refractivity contribution in [2.75, 3.05) is 0 Å². The van der Waals surface area contributed by atoms with E-state index in [4.69, 9.17) is 4.98 Å². The number of thioether (sulfide) groups is 1. The number of hydrogen-bond donors (Lipinski definition) is 1. The summed E-state index contributed by atoms with van der Waals surface area (Å²) in [5, 5.41) is 10.9. The van der Waals surface area contributed by atoms with Gasteiger partial charge < -0.3 is 5.11 Å². The average molecular weight is 612 g/mol. The van der Waals surface area contributed by atoms with Crippen LogP contribution in [0.5, 0.6) is 5.75 Å². The first kappa shape index (κ1) is 32.2. The van der Waals surface area contributed by atoms with E-state index in [0.717, 1.165) is 52.6 Å². The number of hydrogen-bond acceptors (Lipinski definition) is 4. The number of phenols is 1. The van der Waals surface area contributed by atoms with Crippen molar-refractivity contribution in [2.45, 2.75) is 94.4 Å². The molecule has 7 heteroatoms. The second kappa shape index (κ2) is 15.6. The number of phenolic OH excluding ortho intramolecular Hbond substituents is 1. The van der Waals surface area contributed by atoms with E-state index < -0.39 is 11.7 Å². The summed E-state index contributed by atoms with van der Waals surface area (Å²) in [7, 11) is 0. The molecule has 3 aromatic carbocycles. The lowest BCUT2D eigenvalue weighted by atomic mass is 10.0. The van der Waals surface area contributed by atoms with E-state index in [0.29, 0.717) is 5.56 Å². The number of halogens is 3. The maximum absolute atomic E-state index is 13.0. The van der Waals surface area contributed by atoms with Gasteiger partial charge in [-0.1, -0.05) is 87.4 Å². The zero-order valence-electron chi connectivity index (χ0n) is 24.4. The van der Waals surface area contributed by atoms with Gasteiger partial charge in [-0.25, -0.2) is 4.98 Å². The predicted octanol–water partition coefficient (Wildman–Crippen LogP) is 11.7. The van der Waals surface area contributed by atoms with Gasteiger partial charge in [0.25, 0.3) is 0 Å². The molecule has 4 rings (SSSR count). The summed E-state index contributed by atoms with van der Waals surface area (Å²) in [5.74, 6) is 0.287. The fourth-order valence-electron chi connectivity index (χ4n) is 5.11. The van der Waals surface area contributed by atoms with E-state index in [1.165, 1.54) is 67.5 Å². The Kier molecular flexibility index (Phi) is 12.0. The summed E-state index contributed by atoms with van der Waals surface area (Å²) in [6.45, 7) is 3.89. The van der Waals surface area contributed by atoms with Gasteiger partial charge in [-0.05, 0) is 74.6 Å². The quantitative estimate of drug-likeness (QED) is 0.107. The zero-order chi connectivity index (χ0) is 30.0. The minimum Gasteiger partial charge on any atom is -0.508 e. The van der Waals surface area contributed by atoms with Crippen LogP contribution >= 0.6 is 23.1 Å². The van der Waals surface area contributed by atoms with Gasteiger partial charge in [0, 0.05) is 20.6 Å². The molecular weight excluding hydrogens is 572 g/mol. The summed E-state index contributed by atoms with van der Waals surface area (Å²) in [4.78, 5) is 7.02. The largest absolute Gasteiger partial charge is 0.508 e. The number of unbranched alkanes of at least 4 members (excludes halogenated alkanes) is 7. The number of benzene rings is 3. The molecule has 42 heavy (non-hydrogen) atoms. The Hall–Kier alpha value is -2.77. The van der Waals surface area contributed by atoms with Gasteiger partial charge in [-0.15, -0.1) is 23.1 Å². The molecule has 1 atom stereocenters. The van der Waals surface area contributed by atoms with E-state index in [1.54, 1.807) is 29.2 Å². The molecule has 0 fully saturated rings. The van der Waals surface area contributed by atoms with Gasteiger partial charge in [-0.3, -0.25) is 0 Å². The van der Waals surface area contributed by atoms with Crippen molar-refractivity contribution in [2.24, 2.45) is 0 Å². The van der Waals surface area contributed by atoms with Crippen LogP contribution in [-0.2, 0) is 12.6 Å². The van der Waals surface area contributed by atoms with Gasteiger partial charge in [0.1, 0.15) is 10.8 Å².